The highest BCUT2D eigenvalue weighted by Crippen LogP contribution is 2.36. The lowest BCUT2D eigenvalue weighted by Crippen LogP contribution is -2.42. The van der Waals surface area contributed by atoms with E-state index in [4.69, 9.17) is 0 Å². The molecule has 24 heavy (non-hydrogen) atoms. The number of amides is 2. The summed E-state index contributed by atoms with van der Waals surface area (Å²) in [6, 6.07) is 7.94. The summed E-state index contributed by atoms with van der Waals surface area (Å²) in [7, 11) is 0. The topological polar surface area (TPSA) is 71.8 Å². The lowest BCUT2D eigenvalue weighted by atomic mass is 10.1. The first kappa shape index (κ1) is 16.8. The Morgan fingerprint density at radius 1 is 1.33 bits per heavy atom. The molecule has 0 unspecified atom stereocenters. The van der Waals surface area contributed by atoms with Crippen molar-refractivity contribution in [2.45, 2.75) is 37.6 Å². The number of nitrogens with one attached hydrogen (secondary N) is 2. The molecule has 1 aliphatic heterocycles. The van der Waals surface area contributed by atoms with E-state index in [9.17, 15) is 4.79 Å². The van der Waals surface area contributed by atoms with Gasteiger partial charge in [0.05, 0.1) is 6.54 Å². The lowest BCUT2D eigenvalue weighted by Gasteiger charge is -2.23. The fourth-order valence-corrected chi connectivity index (χ4v) is 4.10. The average molecular weight is 345 g/mol. The van der Waals surface area contributed by atoms with Gasteiger partial charge in [0.25, 0.3) is 0 Å². The summed E-state index contributed by atoms with van der Waals surface area (Å²) in [5.74, 6) is 1.19. The van der Waals surface area contributed by atoms with Crippen LogP contribution in [0.15, 0.2) is 36.9 Å². The minimum Gasteiger partial charge on any atom is -0.337 e. The highest BCUT2D eigenvalue weighted by Gasteiger charge is 2.29. The quantitative estimate of drug-likeness (QED) is 0.843. The van der Waals surface area contributed by atoms with Crippen LogP contribution in [0.5, 0.6) is 0 Å². The summed E-state index contributed by atoms with van der Waals surface area (Å²) < 4.78 is 1.96. The first-order chi connectivity index (χ1) is 11.6. The molecule has 2 amide bonds. The predicted molar refractivity (Wildman–Crippen MR) is 95.9 cm³/mol. The van der Waals surface area contributed by atoms with Crippen molar-refractivity contribution in [3.8, 4) is 0 Å². The molecule has 1 fully saturated rings. The van der Waals surface area contributed by atoms with Crippen molar-refractivity contribution < 1.29 is 4.79 Å². The van der Waals surface area contributed by atoms with Crippen LogP contribution < -0.4 is 10.6 Å². The zero-order chi connectivity index (χ0) is 16.8. The number of thioether (sulfide) groups is 1. The van der Waals surface area contributed by atoms with E-state index in [0.717, 1.165) is 11.1 Å². The first-order valence-corrected chi connectivity index (χ1v) is 9.18. The van der Waals surface area contributed by atoms with Gasteiger partial charge in [-0.05, 0) is 36.6 Å². The maximum atomic E-state index is 12.1. The molecule has 1 aliphatic rings. The van der Waals surface area contributed by atoms with Crippen LogP contribution in [0.1, 0.15) is 30.9 Å². The summed E-state index contributed by atoms with van der Waals surface area (Å²) in [5, 5.41) is 10.1. The largest absolute Gasteiger partial charge is 0.337 e. The molecule has 1 atom stereocenters. The fourth-order valence-electron chi connectivity index (χ4n) is 2.85. The molecular weight excluding hydrogens is 322 g/mol. The normalized spacial score (nSPS) is 20.0. The van der Waals surface area contributed by atoms with E-state index in [1.807, 2.05) is 36.0 Å². The third-order valence-corrected chi connectivity index (χ3v) is 5.82. The Morgan fingerprint density at radius 2 is 2.17 bits per heavy atom. The standard InChI is InChI=1S/C17H23N5OS/c1-17(7-4-8-24-17)11-20-16(23)19-9-14-5-2-3-6-15(14)10-22-13-18-12-21-22/h2-3,5-6,12-13H,4,7-11H2,1H3,(H2,19,20,23)/t17-/m0/s1. The van der Waals surface area contributed by atoms with Crippen molar-refractivity contribution in [3.05, 3.63) is 48.0 Å². The van der Waals surface area contributed by atoms with E-state index in [1.54, 1.807) is 11.0 Å². The van der Waals surface area contributed by atoms with Crippen LogP contribution >= 0.6 is 11.8 Å². The Hall–Kier alpha value is -2.02. The Labute approximate surface area is 146 Å². The van der Waals surface area contributed by atoms with Gasteiger partial charge in [0, 0.05) is 17.8 Å². The van der Waals surface area contributed by atoms with E-state index >= 15 is 0 Å². The Kier molecular flexibility index (Phi) is 5.40. The smallest absolute Gasteiger partial charge is 0.315 e. The molecule has 1 aromatic carbocycles. The summed E-state index contributed by atoms with van der Waals surface area (Å²) in [4.78, 5) is 16.0. The van der Waals surface area contributed by atoms with Crippen LogP contribution in [0.4, 0.5) is 4.79 Å². The van der Waals surface area contributed by atoms with Crippen LogP contribution in [0.25, 0.3) is 0 Å². The Balaban J connectivity index is 1.51. The second-order valence-electron chi connectivity index (χ2n) is 6.30. The number of urea groups is 1. The zero-order valence-electron chi connectivity index (χ0n) is 13.9. The highest BCUT2D eigenvalue weighted by atomic mass is 32.2. The number of carbonyl (C=O) groups is 1. The minimum atomic E-state index is -0.112. The van der Waals surface area contributed by atoms with Crippen LogP contribution in [0.2, 0.25) is 0 Å². The van der Waals surface area contributed by atoms with Gasteiger partial charge in [-0.3, -0.25) is 0 Å². The second-order valence-corrected chi connectivity index (χ2v) is 7.98. The summed E-state index contributed by atoms with van der Waals surface area (Å²) in [5.41, 5.74) is 2.21. The molecule has 0 spiro atoms. The van der Waals surface area contributed by atoms with E-state index in [-0.39, 0.29) is 10.8 Å². The minimum absolute atomic E-state index is 0.112. The average Bonchev–Trinajstić information content (AvgIpc) is 3.24. The van der Waals surface area contributed by atoms with Crippen LogP contribution in [-0.2, 0) is 13.1 Å². The number of aromatic nitrogens is 3. The number of hydrogen-bond donors (Lipinski definition) is 2. The van der Waals surface area contributed by atoms with E-state index in [1.165, 1.54) is 24.9 Å². The fraction of sp³-hybridized carbons (Fsp3) is 0.471. The van der Waals surface area contributed by atoms with Gasteiger partial charge in [-0.15, -0.1) is 0 Å². The third kappa shape index (κ3) is 4.50. The van der Waals surface area contributed by atoms with Crippen LogP contribution in [0.3, 0.4) is 0 Å². The van der Waals surface area contributed by atoms with Gasteiger partial charge in [0.2, 0.25) is 0 Å². The lowest BCUT2D eigenvalue weighted by molar-refractivity contribution is 0.239. The Morgan fingerprint density at radius 3 is 2.88 bits per heavy atom. The SMILES string of the molecule is C[C@@]1(CNC(=O)NCc2ccccc2Cn2cncn2)CCCS1. The van der Waals surface area contributed by atoms with Gasteiger partial charge in [0.15, 0.2) is 0 Å². The first-order valence-electron chi connectivity index (χ1n) is 8.19. The monoisotopic (exact) mass is 345 g/mol. The Bertz CT molecular complexity index is 667. The molecule has 0 bridgehead atoms. The maximum absolute atomic E-state index is 12.1. The number of hydrogen-bond acceptors (Lipinski definition) is 4. The molecule has 0 saturated carbocycles. The molecule has 0 radical (unpaired) electrons. The van der Waals surface area contributed by atoms with Gasteiger partial charge in [-0.25, -0.2) is 14.5 Å². The molecule has 2 aromatic rings. The number of nitrogens with zero attached hydrogens (tertiary/aromatic N) is 3. The van der Waals surface area contributed by atoms with Crippen molar-refractivity contribution in [1.82, 2.24) is 25.4 Å². The maximum Gasteiger partial charge on any atom is 0.315 e. The molecule has 0 aliphatic carbocycles. The molecule has 3 rings (SSSR count). The van der Waals surface area contributed by atoms with Crippen molar-refractivity contribution in [3.63, 3.8) is 0 Å². The van der Waals surface area contributed by atoms with Crippen molar-refractivity contribution in [2.24, 2.45) is 0 Å². The zero-order valence-corrected chi connectivity index (χ0v) is 14.7. The molecule has 1 aromatic heterocycles. The summed E-state index contributed by atoms with van der Waals surface area (Å²) in [6.07, 6.45) is 5.62. The van der Waals surface area contributed by atoms with Gasteiger partial charge in [-0.1, -0.05) is 24.3 Å². The number of carbonyl (C=O) groups excluding carboxylic acids is 1. The second kappa shape index (κ2) is 7.70. The molecule has 2 heterocycles. The number of rotatable bonds is 6. The predicted octanol–water partition coefficient (Wildman–Crippen LogP) is 2.41. The van der Waals surface area contributed by atoms with Gasteiger partial charge in [0.1, 0.15) is 12.7 Å². The van der Waals surface area contributed by atoms with Crippen molar-refractivity contribution in [1.29, 1.82) is 0 Å². The molecule has 7 heteroatoms. The van der Waals surface area contributed by atoms with E-state index in [2.05, 4.69) is 27.6 Å². The van der Waals surface area contributed by atoms with Crippen LogP contribution in [-0.4, -0.2) is 37.8 Å². The van der Waals surface area contributed by atoms with Crippen molar-refractivity contribution >= 4 is 17.8 Å². The molecule has 6 nitrogen and oxygen atoms in total. The molecular formula is C17H23N5OS. The van der Waals surface area contributed by atoms with Crippen LogP contribution in [0, 0.1) is 0 Å². The van der Waals surface area contributed by atoms with Gasteiger partial charge in [-0.2, -0.15) is 16.9 Å². The molecule has 128 valence electrons. The van der Waals surface area contributed by atoms with Gasteiger partial charge >= 0.3 is 6.03 Å². The van der Waals surface area contributed by atoms with Crippen molar-refractivity contribution in [2.75, 3.05) is 12.3 Å². The van der Waals surface area contributed by atoms with E-state index in [0.29, 0.717) is 19.6 Å². The third-order valence-electron chi connectivity index (χ3n) is 4.28. The summed E-state index contributed by atoms with van der Waals surface area (Å²) >= 11 is 1.95. The highest BCUT2D eigenvalue weighted by molar-refractivity contribution is 8.00. The summed E-state index contributed by atoms with van der Waals surface area (Å²) in [6.45, 7) is 4.08. The number of benzene rings is 1. The van der Waals surface area contributed by atoms with Gasteiger partial charge < -0.3 is 10.6 Å². The van der Waals surface area contributed by atoms with E-state index < -0.39 is 0 Å². The molecule has 2 N–H and O–H groups in total. The molecule has 1 saturated heterocycles.